The summed E-state index contributed by atoms with van der Waals surface area (Å²) in [6.45, 7) is 8.80. The van der Waals surface area contributed by atoms with Crippen molar-refractivity contribution in [3.8, 4) is 6.07 Å². The van der Waals surface area contributed by atoms with Crippen LogP contribution in [-0.4, -0.2) is 23.5 Å². The molecular weight excluding hydrogens is 184 g/mol. The minimum absolute atomic E-state index is 0.218. The normalized spacial score (nSPS) is 22.3. The number of nitrogens with zero attached hydrogens (tertiary/aromatic N) is 2. The van der Waals surface area contributed by atoms with Crippen molar-refractivity contribution in [2.24, 2.45) is 5.92 Å². The van der Waals surface area contributed by atoms with E-state index in [1.807, 2.05) is 0 Å². The van der Waals surface area contributed by atoms with Gasteiger partial charge in [-0.1, -0.05) is 20.3 Å². The quantitative estimate of drug-likeness (QED) is 0.709. The van der Waals surface area contributed by atoms with Crippen molar-refractivity contribution in [1.82, 2.24) is 4.90 Å². The molecule has 0 aromatic carbocycles. The molecule has 0 aromatic rings. The van der Waals surface area contributed by atoms with Crippen molar-refractivity contribution in [3.63, 3.8) is 0 Å². The summed E-state index contributed by atoms with van der Waals surface area (Å²) in [6, 6.07) is 2.53. The first-order chi connectivity index (χ1) is 7.08. The zero-order valence-corrected chi connectivity index (χ0v) is 10.4. The second-order valence-corrected chi connectivity index (χ2v) is 5.37. The predicted octanol–water partition coefficient (Wildman–Crippen LogP) is 3.19. The molecule has 1 unspecified atom stereocenters. The van der Waals surface area contributed by atoms with Gasteiger partial charge in [0.15, 0.2) is 0 Å². The van der Waals surface area contributed by atoms with Crippen LogP contribution in [0, 0.1) is 17.2 Å². The fourth-order valence-electron chi connectivity index (χ4n) is 2.24. The van der Waals surface area contributed by atoms with E-state index in [2.05, 4.69) is 31.7 Å². The Morgan fingerprint density at radius 3 is 2.33 bits per heavy atom. The fourth-order valence-corrected chi connectivity index (χ4v) is 2.24. The van der Waals surface area contributed by atoms with Gasteiger partial charge < -0.3 is 0 Å². The Balaban J connectivity index is 2.54. The van der Waals surface area contributed by atoms with Crippen molar-refractivity contribution in [3.05, 3.63) is 0 Å². The van der Waals surface area contributed by atoms with E-state index in [1.165, 1.54) is 19.3 Å². The molecule has 0 spiro atoms. The smallest absolute Gasteiger partial charge is 0.106 e. The second-order valence-electron chi connectivity index (χ2n) is 5.37. The Morgan fingerprint density at radius 1 is 1.27 bits per heavy atom. The molecule has 0 amide bonds. The highest BCUT2D eigenvalue weighted by molar-refractivity contribution is 5.05. The molecule has 0 radical (unpaired) electrons. The molecule has 2 nitrogen and oxygen atoms in total. The van der Waals surface area contributed by atoms with Gasteiger partial charge in [0.25, 0.3) is 0 Å². The van der Waals surface area contributed by atoms with Crippen LogP contribution in [-0.2, 0) is 0 Å². The maximum absolute atomic E-state index is 9.36. The maximum Gasteiger partial charge on any atom is 0.106 e. The average Bonchev–Trinajstić information content (AvgIpc) is 2.27. The number of hydrogen-bond acceptors (Lipinski definition) is 2. The third-order valence-electron chi connectivity index (χ3n) is 3.50. The van der Waals surface area contributed by atoms with Crippen LogP contribution in [0.4, 0.5) is 0 Å². The Labute approximate surface area is 94.3 Å². The summed E-state index contributed by atoms with van der Waals surface area (Å²) in [5, 5.41) is 9.36. The minimum Gasteiger partial charge on any atom is -0.286 e. The monoisotopic (exact) mass is 208 g/mol. The van der Waals surface area contributed by atoms with Gasteiger partial charge in [0.2, 0.25) is 0 Å². The van der Waals surface area contributed by atoms with E-state index in [0.717, 1.165) is 25.9 Å². The Hall–Kier alpha value is -0.550. The largest absolute Gasteiger partial charge is 0.286 e. The Kier molecular flexibility index (Phi) is 4.60. The third-order valence-corrected chi connectivity index (χ3v) is 3.50. The summed E-state index contributed by atoms with van der Waals surface area (Å²) in [5.41, 5.74) is -0.218. The predicted molar refractivity (Wildman–Crippen MR) is 63.5 cm³/mol. The lowest BCUT2D eigenvalue weighted by atomic mass is 9.90. The van der Waals surface area contributed by atoms with Crippen molar-refractivity contribution < 1.29 is 0 Å². The van der Waals surface area contributed by atoms with Gasteiger partial charge in [0.05, 0.1) is 6.07 Å². The molecule has 1 aliphatic heterocycles. The molecule has 86 valence electrons. The summed E-state index contributed by atoms with van der Waals surface area (Å²) < 4.78 is 0. The first-order valence-electron chi connectivity index (χ1n) is 6.25. The van der Waals surface area contributed by atoms with Gasteiger partial charge >= 0.3 is 0 Å². The van der Waals surface area contributed by atoms with E-state index in [4.69, 9.17) is 0 Å². The summed E-state index contributed by atoms with van der Waals surface area (Å²) in [5.74, 6) is 0.697. The average molecular weight is 208 g/mol. The molecule has 0 saturated carbocycles. The summed E-state index contributed by atoms with van der Waals surface area (Å²) >= 11 is 0. The van der Waals surface area contributed by atoms with E-state index < -0.39 is 0 Å². The van der Waals surface area contributed by atoms with Crippen molar-refractivity contribution >= 4 is 0 Å². The molecule has 1 rings (SSSR count). The number of likely N-dealkylation sites (tertiary alicyclic amines) is 1. The van der Waals surface area contributed by atoms with Gasteiger partial charge in [0, 0.05) is 0 Å². The van der Waals surface area contributed by atoms with Gasteiger partial charge in [-0.3, -0.25) is 4.90 Å². The lowest BCUT2D eigenvalue weighted by molar-refractivity contribution is 0.111. The van der Waals surface area contributed by atoms with Crippen molar-refractivity contribution in [2.75, 3.05) is 13.1 Å². The number of piperidine rings is 1. The highest BCUT2D eigenvalue weighted by atomic mass is 15.2. The lowest BCUT2D eigenvalue weighted by Crippen LogP contribution is -2.48. The van der Waals surface area contributed by atoms with E-state index in [0.29, 0.717) is 5.92 Å². The van der Waals surface area contributed by atoms with Crippen LogP contribution < -0.4 is 0 Å². The van der Waals surface area contributed by atoms with E-state index in [9.17, 15) is 5.26 Å². The summed E-state index contributed by atoms with van der Waals surface area (Å²) in [6.07, 6.45) is 6.03. The first kappa shape index (κ1) is 12.5. The van der Waals surface area contributed by atoms with E-state index in [1.54, 1.807) is 0 Å². The molecule has 0 bridgehead atoms. The highest BCUT2D eigenvalue weighted by Crippen LogP contribution is 2.26. The molecule has 1 fully saturated rings. The van der Waals surface area contributed by atoms with Crippen molar-refractivity contribution in [2.45, 2.75) is 58.4 Å². The third kappa shape index (κ3) is 3.50. The van der Waals surface area contributed by atoms with Gasteiger partial charge in [-0.25, -0.2) is 0 Å². The molecule has 1 atom stereocenters. The molecule has 15 heavy (non-hydrogen) atoms. The van der Waals surface area contributed by atoms with E-state index >= 15 is 0 Å². The summed E-state index contributed by atoms with van der Waals surface area (Å²) in [7, 11) is 0. The van der Waals surface area contributed by atoms with Crippen LogP contribution in [0.25, 0.3) is 0 Å². The van der Waals surface area contributed by atoms with E-state index in [-0.39, 0.29) is 5.54 Å². The highest BCUT2D eigenvalue weighted by Gasteiger charge is 2.32. The molecule has 0 aliphatic carbocycles. The molecule has 1 heterocycles. The number of rotatable bonds is 4. The lowest BCUT2D eigenvalue weighted by Gasteiger charge is -2.39. The van der Waals surface area contributed by atoms with Crippen LogP contribution in [0.1, 0.15) is 52.9 Å². The topological polar surface area (TPSA) is 27.0 Å². The molecule has 0 aromatic heterocycles. The first-order valence-corrected chi connectivity index (χ1v) is 6.25. The SMILES string of the molecule is CC(C)CCC(C)(C#N)N1CCCCC1. The number of hydrogen-bond donors (Lipinski definition) is 0. The van der Waals surface area contributed by atoms with Crippen LogP contribution in [0.3, 0.4) is 0 Å². The Bertz CT molecular complexity index is 223. The molecule has 2 heteroatoms. The van der Waals surface area contributed by atoms with Crippen LogP contribution in [0.15, 0.2) is 0 Å². The molecule has 1 saturated heterocycles. The van der Waals surface area contributed by atoms with Gasteiger partial charge in [-0.05, 0) is 51.6 Å². The number of nitriles is 1. The standard InChI is InChI=1S/C13H24N2/c1-12(2)7-8-13(3,11-14)15-9-5-4-6-10-15/h12H,4-10H2,1-3H3. The second kappa shape index (κ2) is 5.51. The van der Waals surface area contributed by atoms with Gasteiger partial charge in [-0.2, -0.15) is 5.26 Å². The summed E-state index contributed by atoms with van der Waals surface area (Å²) in [4.78, 5) is 2.39. The molecule has 1 aliphatic rings. The fraction of sp³-hybridized carbons (Fsp3) is 0.923. The minimum atomic E-state index is -0.218. The van der Waals surface area contributed by atoms with Gasteiger partial charge in [0.1, 0.15) is 5.54 Å². The zero-order chi connectivity index (χ0) is 11.3. The Morgan fingerprint density at radius 2 is 1.87 bits per heavy atom. The molecular formula is C13H24N2. The zero-order valence-electron chi connectivity index (χ0n) is 10.4. The van der Waals surface area contributed by atoms with Crippen LogP contribution in [0.5, 0.6) is 0 Å². The molecule has 0 N–H and O–H groups in total. The van der Waals surface area contributed by atoms with Gasteiger partial charge in [-0.15, -0.1) is 0 Å². The van der Waals surface area contributed by atoms with Crippen LogP contribution >= 0.6 is 0 Å². The van der Waals surface area contributed by atoms with Crippen LogP contribution in [0.2, 0.25) is 0 Å². The van der Waals surface area contributed by atoms with Crippen molar-refractivity contribution in [1.29, 1.82) is 5.26 Å². The maximum atomic E-state index is 9.36.